The SMILES string of the molecule is CCCCCCCCCCc1ccc(-n2nc3ccc(OCCC)cc3n2)c(O)c1. The van der Waals surface area contributed by atoms with E-state index in [2.05, 4.69) is 30.1 Å². The van der Waals surface area contributed by atoms with Gasteiger partial charge in [-0.2, -0.15) is 0 Å². The first-order valence-electron chi connectivity index (χ1n) is 11.5. The second kappa shape index (κ2) is 11.6. The van der Waals surface area contributed by atoms with Crippen LogP contribution in [0.15, 0.2) is 36.4 Å². The maximum atomic E-state index is 10.5. The Labute approximate surface area is 180 Å². The van der Waals surface area contributed by atoms with Crippen molar-refractivity contribution in [1.82, 2.24) is 15.0 Å². The Morgan fingerprint density at radius 2 is 1.53 bits per heavy atom. The minimum Gasteiger partial charge on any atom is -0.506 e. The van der Waals surface area contributed by atoms with Gasteiger partial charge in [0.05, 0.1) is 6.61 Å². The number of hydrogen-bond donors (Lipinski definition) is 1. The number of nitrogens with zero attached hydrogens (tertiary/aromatic N) is 3. The van der Waals surface area contributed by atoms with E-state index in [0.717, 1.165) is 41.6 Å². The first kappa shape index (κ1) is 22.1. The summed E-state index contributed by atoms with van der Waals surface area (Å²) in [5.74, 6) is 1.01. The number of aromatic hydroxyl groups is 1. The number of phenols is 1. The third-order valence-electron chi connectivity index (χ3n) is 5.40. The van der Waals surface area contributed by atoms with Gasteiger partial charge in [0.25, 0.3) is 0 Å². The molecule has 0 saturated heterocycles. The van der Waals surface area contributed by atoms with Gasteiger partial charge >= 0.3 is 0 Å². The summed E-state index contributed by atoms with van der Waals surface area (Å²) >= 11 is 0. The molecule has 0 bridgehead atoms. The van der Waals surface area contributed by atoms with Crippen LogP contribution in [0.2, 0.25) is 0 Å². The number of rotatable bonds is 13. The molecule has 2 aromatic carbocycles. The van der Waals surface area contributed by atoms with E-state index in [1.165, 1.54) is 49.7 Å². The van der Waals surface area contributed by atoms with Crippen molar-refractivity contribution in [3.63, 3.8) is 0 Å². The third kappa shape index (κ3) is 6.22. The molecule has 0 fully saturated rings. The number of aromatic nitrogens is 3. The number of hydrogen-bond acceptors (Lipinski definition) is 4. The molecule has 5 nitrogen and oxygen atoms in total. The van der Waals surface area contributed by atoms with Gasteiger partial charge in [0, 0.05) is 6.07 Å². The van der Waals surface area contributed by atoms with Crippen LogP contribution in [-0.2, 0) is 6.42 Å². The number of ether oxygens (including phenoxy) is 1. The summed E-state index contributed by atoms with van der Waals surface area (Å²) in [5, 5.41) is 19.6. The second-order valence-electron chi connectivity index (χ2n) is 8.04. The Kier molecular flexibility index (Phi) is 8.54. The van der Waals surface area contributed by atoms with E-state index in [-0.39, 0.29) is 5.75 Å². The smallest absolute Gasteiger partial charge is 0.143 e. The van der Waals surface area contributed by atoms with Gasteiger partial charge in [0.15, 0.2) is 0 Å². The van der Waals surface area contributed by atoms with Crippen LogP contribution in [0.5, 0.6) is 11.5 Å². The van der Waals surface area contributed by atoms with Gasteiger partial charge in [-0.3, -0.25) is 0 Å². The summed E-state index contributed by atoms with van der Waals surface area (Å²) in [7, 11) is 0. The summed E-state index contributed by atoms with van der Waals surface area (Å²) in [4.78, 5) is 1.50. The maximum absolute atomic E-state index is 10.5. The Hall–Kier alpha value is -2.56. The fourth-order valence-corrected chi connectivity index (χ4v) is 3.67. The number of fused-ring (bicyclic) bond motifs is 1. The number of unbranched alkanes of at least 4 members (excludes halogenated alkanes) is 7. The standard InChI is InChI=1S/C25H35N3O2/c1-3-5-6-7-8-9-10-11-12-20-13-16-24(25(29)18-20)28-26-22-15-14-21(30-17-4-2)19-23(22)27-28/h13-16,18-19,29H,3-12,17H2,1-2H3. The average Bonchev–Trinajstić information content (AvgIpc) is 3.17. The predicted molar refractivity (Wildman–Crippen MR) is 123 cm³/mol. The second-order valence-corrected chi connectivity index (χ2v) is 8.04. The van der Waals surface area contributed by atoms with Gasteiger partial charge in [0.2, 0.25) is 0 Å². The molecule has 1 N–H and O–H groups in total. The molecule has 3 aromatic rings. The molecule has 30 heavy (non-hydrogen) atoms. The van der Waals surface area contributed by atoms with Crippen LogP contribution in [0.1, 0.15) is 77.2 Å². The minimum atomic E-state index is 0.217. The Balaban J connectivity index is 1.55. The van der Waals surface area contributed by atoms with Crippen LogP contribution in [0.4, 0.5) is 0 Å². The quantitative estimate of drug-likeness (QED) is 0.323. The van der Waals surface area contributed by atoms with Crippen molar-refractivity contribution in [2.75, 3.05) is 6.61 Å². The first-order valence-corrected chi connectivity index (χ1v) is 11.5. The summed E-state index contributed by atoms with van der Waals surface area (Å²) in [6, 6.07) is 11.5. The van der Waals surface area contributed by atoms with Gasteiger partial charge < -0.3 is 9.84 Å². The molecule has 0 radical (unpaired) electrons. The lowest BCUT2D eigenvalue weighted by Gasteiger charge is -2.07. The molecule has 1 heterocycles. The van der Waals surface area contributed by atoms with E-state index in [4.69, 9.17) is 4.74 Å². The maximum Gasteiger partial charge on any atom is 0.143 e. The van der Waals surface area contributed by atoms with E-state index in [1.807, 2.05) is 30.3 Å². The summed E-state index contributed by atoms with van der Waals surface area (Å²) < 4.78 is 5.67. The molecule has 1 aromatic heterocycles. The van der Waals surface area contributed by atoms with Gasteiger partial charge in [-0.15, -0.1) is 15.0 Å². The van der Waals surface area contributed by atoms with Crippen molar-refractivity contribution in [2.24, 2.45) is 0 Å². The molecule has 0 aliphatic heterocycles. The highest BCUT2D eigenvalue weighted by atomic mass is 16.5. The Morgan fingerprint density at radius 3 is 2.27 bits per heavy atom. The van der Waals surface area contributed by atoms with Crippen LogP contribution in [0.3, 0.4) is 0 Å². The molecule has 0 atom stereocenters. The third-order valence-corrected chi connectivity index (χ3v) is 5.40. The van der Waals surface area contributed by atoms with E-state index in [9.17, 15) is 5.11 Å². The van der Waals surface area contributed by atoms with Gasteiger partial charge in [-0.05, 0) is 49.1 Å². The van der Waals surface area contributed by atoms with E-state index in [1.54, 1.807) is 0 Å². The van der Waals surface area contributed by atoms with Crippen LogP contribution >= 0.6 is 0 Å². The van der Waals surface area contributed by atoms with Gasteiger partial charge in [-0.25, -0.2) is 0 Å². The molecule has 0 spiro atoms. The lowest BCUT2D eigenvalue weighted by Crippen LogP contribution is -1.99. The fraction of sp³-hybridized carbons (Fsp3) is 0.520. The first-order chi connectivity index (χ1) is 14.7. The van der Waals surface area contributed by atoms with Crippen LogP contribution < -0.4 is 4.74 Å². The summed E-state index contributed by atoms with van der Waals surface area (Å²) in [6.45, 7) is 5.02. The summed E-state index contributed by atoms with van der Waals surface area (Å²) in [6.07, 6.45) is 12.4. The molecule has 0 aliphatic carbocycles. The van der Waals surface area contributed by atoms with Crippen LogP contribution in [0.25, 0.3) is 16.7 Å². The summed E-state index contributed by atoms with van der Waals surface area (Å²) in [5.41, 5.74) is 3.29. The highest BCUT2D eigenvalue weighted by Crippen LogP contribution is 2.25. The zero-order valence-corrected chi connectivity index (χ0v) is 18.4. The molecular formula is C25H35N3O2. The predicted octanol–water partition coefficient (Wildman–Crippen LogP) is 6.60. The molecule has 0 amide bonds. The average molecular weight is 410 g/mol. The largest absolute Gasteiger partial charge is 0.506 e. The molecule has 0 saturated carbocycles. The van der Waals surface area contributed by atoms with Crippen molar-refractivity contribution in [3.05, 3.63) is 42.0 Å². The highest BCUT2D eigenvalue weighted by molar-refractivity contribution is 5.75. The molecular weight excluding hydrogens is 374 g/mol. The Bertz CT molecular complexity index is 920. The van der Waals surface area contributed by atoms with Gasteiger partial charge in [0.1, 0.15) is 28.2 Å². The lowest BCUT2D eigenvalue weighted by molar-refractivity contribution is 0.318. The van der Waals surface area contributed by atoms with Crippen molar-refractivity contribution < 1.29 is 9.84 Å². The van der Waals surface area contributed by atoms with Crippen molar-refractivity contribution in [2.45, 2.75) is 78.1 Å². The zero-order chi connectivity index (χ0) is 21.2. The number of phenolic OH excluding ortho intramolecular Hbond substituents is 1. The molecule has 3 rings (SSSR count). The molecule has 0 aliphatic rings. The minimum absolute atomic E-state index is 0.217. The molecule has 162 valence electrons. The normalized spacial score (nSPS) is 11.3. The fourth-order valence-electron chi connectivity index (χ4n) is 3.67. The number of aryl methyl sites for hydroxylation is 1. The monoisotopic (exact) mass is 409 g/mol. The zero-order valence-electron chi connectivity index (χ0n) is 18.4. The topological polar surface area (TPSA) is 60.2 Å². The van der Waals surface area contributed by atoms with Crippen molar-refractivity contribution >= 4 is 11.0 Å². The van der Waals surface area contributed by atoms with Crippen molar-refractivity contribution in [1.29, 1.82) is 0 Å². The Morgan fingerprint density at radius 1 is 0.800 bits per heavy atom. The van der Waals surface area contributed by atoms with E-state index in [0.29, 0.717) is 12.3 Å². The van der Waals surface area contributed by atoms with Gasteiger partial charge in [-0.1, -0.05) is 64.9 Å². The molecule has 5 heteroatoms. The van der Waals surface area contributed by atoms with E-state index >= 15 is 0 Å². The van der Waals surface area contributed by atoms with E-state index < -0.39 is 0 Å². The molecule has 0 unspecified atom stereocenters. The highest BCUT2D eigenvalue weighted by Gasteiger charge is 2.10. The lowest BCUT2D eigenvalue weighted by atomic mass is 10.0. The van der Waals surface area contributed by atoms with Crippen LogP contribution in [-0.4, -0.2) is 26.7 Å². The van der Waals surface area contributed by atoms with Crippen LogP contribution in [0, 0.1) is 0 Å². The van der Waals surface area contributed by atoms with Crippen molar-refractivity contribution in [3.8, 4) is 17.2 Å². The number of benzene rings is 2.